The quantitative estimate of drug-likeness (QED) is 0.236. The third-order valence-corrected chi connectivity index (χ3v) is 5.60. The predicted molar refractivity (Wildman–Crippen MR) is 126 cm³/mol. The zero-order valence-corrected chi connectivity index (χ0v) is 18.5. The van der Waals surface area contributed by atoms with Crippen LogP contribution in [-0.4, -0.2) is 37.8 Å². The number of hydrazine groups is 1. The molecular weight excluding hydrogens is 476 g/mol. The Morgan fingerprint density at radius 2 is 1.71 bits per heavy atom. The highest BCUT2D eigenvalue weighted by molar-refractivity contribution is 7.13. The van der Waals surface area contributed by atoms with Crippen molar-refractivity contribution in [1.29, 1.82) is 0 Å². The molecule has 13 heteroatoms. The summed E-state index contributed by atoms with van der Waals surface area (Å²) in [5.41, 5.74) is 6.91. The fourth-order valence-corrected chi connectivity index (χ4v) is 3.98. The van der Waals surface area contributed by atoms with Crippen molar-refractivity contribution in [2.45, 2.75) is 0 Å². The van der Waals surface area contributed by atoms with Crippen LogP contribution in [0.3, 0.4) is 0 Å². The average Bonchev–Trinajstić information content (AvgIpc) is 3.51. The van der Waals surface area contributed by atoms with Gasteiger partial charge in [0.25, 0.3) is 17.5 Å². The van der Waals surface area contributed by atoms with E-state index in [4.69, 9.17) is 0 Å². The third-order valence-electron chi connectivity index (χ3n) is 4.73. The van der Waals surface area contributed by atoms with Crippen LogP contribution in [0.2, 0.25) is 0 Å². The van der Waals surface area contributed by atoms with Gasteiger partial charge in [0.1, 0.15) is 5.69 Å². The molecule has 0 aliphatic heterocycles. The van der Waals surface area contributed by atoms with Crippen molar-refractivity contribution < 1.29 is 24.4 Å². The van der Waals surface area contributed by atoms with Gasteiger partial charge in [-0.1, -0.05) is 36.4 Å². The van der Waals surface area contributed by atoms with Crippen molar-refractivity contribution in [3.8, 4) is 21.7 Å². The largest absolute Gasteiger partial charge is 0.464 e. The molecule has 0 atom stereocenters. The first-order chi connectivity index (χ1) is 16.8. The fraction of sp³-hybridized carbons (Fsp3) is 0. The second kappa shape index (κ2) is 9.84. The van der Waals surface area contributed by atoms with E-state index in [2.05, 4.69) is 16.0 Å². The van der Waals surface area contributed by atoms with E-state index in [-0.39, 0.29) is 33.8 Å². The fourth-order valence-electron chi connectivity index (χ4n) is 3.27. The molecule has 0 saturated heterocycles. The maximum Gasteiger partial charge on any atom is 0.425 e. The summed E-state index contributed by atoms with van der Waals surface area (Å²) in [4.78, 5) is 49.1. The molecule has 4 rings (SSSR count). The first-order valence-corrected chi connectivity index (χ1v) is 10.8. The number of benzene rings is 2. The van der Waals surface area contributed by atoms with Crippen molar-refractivity contribution in [3.05, 3.63) is 93.5 Å². The summed E-state index contributed by atoms with van der Waals surface area (Å²) in [6.07, 6.45) is -1.50. The van der Waals surface area contributed by atoms with Crippen molar-refractivity contribution in [2.24, 2.45) is 0 Å². The number of non-ortho nitro benzene ring substituents is 1. The number of nitrogens with one attached hydrogen (secondary N) is 3. The van der Waals surface area contributed by atoms with E-state index in [9.17, 15) is 29.6 Å². The molecule has 0 unspecified atom stereocenters. The molecule has 2 aromatic heterocycles. The molecule has 0 fully saturated rings. The number of carbonyl (C=O) groups excluding carboxylic acids is 2. The van der Waals surface area contributed by atoms with Gasteiger partial charge in [-0.2, -0.15) is 4.79 Å². The Hall–Kier alpha value is -5.04. The van der Waals surface area contributed by atoms with Gasteiger partial charge in [-0.3, -0.25) is 30.6 Å². The Balaban J connectivity index is 1.81. The number of nitro groups is 1. The molecule has 2 heterocycles. The first-order valence-electron chi connectivity index (χ1n) is 9.92. The highest BCUT2D eigenvalue weighted by atomic mass is 32.1. The van der Waals surface area contributed by atoms with Gasteiger partial charge in [0.15, 0.2) is 5.69 Å². The van der Waals surface area contributed by atoms with Crippen LogP contribution in [0.4, 0.5) is 10.5 Å². The molecule has 35 heavy (non-hydrogen) atoms. The van der Waals surface area contributed by atoms with Gasteiger partial charge >= 0.3 is 6.09 Å². The lowest BCUT2D eigenvalue weighted by molar-refractivity contribution is -0.384. The number of rotatable bonds is 6. The van der Waals surface area contributed by atoms with Gasteiger partial charge in [-0.15, -0.1) is 16.4 Å². The molecule has 0 bridgehead atoms. The van der Waals surface area contributed by atoms with E-state index in [1.54, 1.807) is 47.8 Å². The molecule has 4 N–H and O–H groups in total. The number of hydrogen-bond acceptors (Lipinski definition) is 7. The van der Waals surface area contributed by atoms with Crippen molar-refractivity contribution in [1.82, 2.24) is 20.7 Å². The molecule has 2 aromatic carbocycles. The van der Waals surface area contributed by atoms with Crippen molar-refractivity contribution in [2.75, 3.05) is 5.43 Å². The minimum Gasteiger partial charge on any atom is -0.464 e. The number of amides is 3. The smallest absolute Gasteiger partial charge is 0.425 e. The Labute approximate surface area is 200 Å². The Morgan fingerprint density at radius 3 is 2.37 bits per heavy atom. The Kier molecular flexibility index (Phi) is 6.50. The zero-order chi connectivity index (χ0) is 24.9. The van der Waals surface area contributed by atoms with Crippen LogP contribution in [0.25, 0.3) is 21.7 Å². The van der Waals surface area contributed by atoms with Gasteiger partial charge in [-0.25, -0.2) is 10.2 Å². The molecule has 3 amide bonds. The van der Waals surface area contributed by atoms with Crippen LogP contribution in [0, 0.1) is 10.1 Å². The molecule has 0 aliphatic rings. The van der Waals surface area contributed by atoms with Crippen LogP contribution >= 0.6 is 11.3 Å². The van der Waals surface area contributed by atoms with Gasteiger partial charge in [0, 0.05) is 23.3 Å². The lowest BCUT2D eigenvalue weighted by atomic mass is 10.0. The molecule has 0 aliphatic carbocycles. The number of nitro benzene ring substituents is 1. The molecule has 0 radical (unpaired) electrons. The second-order valence-corrected chi connectivity index (χ2v) is 7.91. The molecular formula is C22H16N6O6S. The minimum absolute atomic E-state index is 0.136. The maximum atomic E-state index is 13.2. The van der Waals surface area contributed by atoms with E-state index in [0.29, 0.717) is 4.88 Å². The van der Waals surface area contributed by atoms with E-state index in [1.165, 1.54) is 35.6 Å². The van der Waals surface area contributed by atoms with Crippen molar-refractivity contribution in [3.63, 3.8) is 0 Å². The highest BCUT2D eigenvalue weighted by Gasteiger charge is 2.28. The topological polar surface area (TPSA) is 168 Å². The van der Waals surface area contributed by atoms with Crippen LogP contribution in [-0.2, 0) is 0 Å². The minimum atomic E-state index is -1.50. The van der Waals surface area contributed by atoms with E-state index >= 15 is 0 Å². The SMILES string of the molecule is O=C(O)Nn1nc(-c2cccs2)c(-c2cccc([N+](=O)[O-])c2)c1C(=O)NNC(=O)c1ccccc1. The van der Waals surface area contributed by atoms with Crippen LogP contribution in [0.5, 0.6) is 0 Å². The summed E-state index contributed by atoms with van der Waals surface area (Å²) in [6.45, 7) is 0. The number of nitrogens with zero attached hydrogens (tertiary/aromatic N) is 3. The lowest BCUT2D eigenvalue weighted by Gasteiger charge is -2.11. The molecule has 176 valence electrons. The zero-order valence-electron chi connectivity index (χ0n) is 17.7. The van der Waals surface area contributed by atoms with Crippen molar-refractivity contribution >= 4 is 34.9 Å². The van der Waals surface area contributed by atoms with E-state index in [0.717, 1.165) is 4.79 Å². The monoisotopic (exact) mass is 492 g/mol. The lowest BCUT2D eigenvalue weighted by Crippen LogP contribution is -2.43. The van der Waals surface area contributed by atoms with Crippen LogP contribution in [0.15, 0.2) is 72.1 Å². The summed E-state index contributed by atoms with van der Waals surface area (Å²) in [6, 6.07) is 17.1. The molecule has 0 saturated carbocycles. The van der Waals surface area contributed by atoms with E-state index < -0.39 is 22.8 Å². The summed E-state index contributed by atoms with van der Waals surface area (Å²) in [5.74, 6) is -1.51. The summed E-state index contributed by atoms with van der Waals surface area (Å²) >= 11 is 1.28. The number of thiophene rings is 1. The van der Waals surface area contributed by atoms with Crippen LogP contribution in [0.1, 0.15) is 20.8 Å². The predicted octanol–water partition coefficient (Wildman–Crippen LogP) is 3.48. The number of aromatic nitrogens is 2. The first kappa shape index (κ1) is 23.1. The summed E-state index contributed by atoms with van der Waals surface area (Å²) in [7, 11) is 0. The summed E-state index contributed by atoms with van der Waals surface area (Å²) < 4.78 is 0. The standard InChI is InChI=1S/C22H16N6O6S/c29-20(13-6-2-1-3-7-13)23-24-21(30)19-17(14-8-4-9-15(12-14)28(33)34)18(16-10-5-11-35-16)25-27(19)26-22(31)32/h1-12,26H,(H,23,29)(H,24,30)(H,31,32). The van der Waals surface area contributed by atoms with Crippen LogP contribution < -0.4 is 16.3 Å². The maximum absolute atomic E-state index is 13.2. The van der Waals surface area contributed by atoms with Gasteiger partial charge < -0.3 is 5.11 Å². The summed E-state index contributed by atoms with van der Waals surface area (Å²) in [5, 5.41) is 26.6. The average molecular weight is 492 g/mol. The molecule has 12 nitrogen and oxygen atoms in total. The molecule has 0 spiro atoms. The number of carbonyl (C=O) groups is 3. The third kappa shape index (κ3) is 4.99. The Morgan fingerprint density at radius 1 is 0.971 bits per heavy atom. The van der Waals surface area contributed by atoms with Gasteiger partial charge in [0.2, 0.25) is 0 Å². The number of carboxylic acid groups (broad SMARTS) is 1. The molecule has 4 aromatic rings. The normalized spacial score (nSPS) is 10.4. The van der Waals surface area contributed by atoms with Gasteiger partial charge in [0.05, 0.1) is 9.80 Å². The second-order valence-electron chi connectivity index (χ2n) is 6.96. The highest BCUT2D eigenvalue weighted by Crippen LogP contribution is 2.37. The number of hydrogen-bond donors (Lipinski definition) is 4. The van der Waals surface area contributed by atoms with Gasteiger partial charge in [-0.05, 0) is 29.1 Å². The Bertz CT molecular complexity index is 1420. The van der Waals surface area contributed by atoms with E-state index in [1.807, 2.05) is 5.43 Å².